The second kappa shape index (κ2) is 11.3. The fraction of sp³-hybridized carbons (Fsp3) is 1.00. The van der Waals surface area contributed by atoms with Crippen LogP contribution < -0.4 is 0 Å². The van der Waals surface area contributed by atoms with Crippen LogP contribution in [0.5, 0.6) is 0 Å². The van der Waals surface area contributed by atoms with Gasteiger partial charge in [0, 0.05) is 54.4 Å². The number of hydrogen-bond donors (Lipinski definition) is 0. The van der Waals surface area contributed by atoms with Crippen LogP contribution in [0.2, 0.25) is 0 Å². The molecule has 3 nitrogen and oxygen atoms in total. The lowest BCUT2D eigenvalue weighted by molar-refractivity contribution is -0.288. The van der Waals surface area contributed by atoms with Crippen molar-refractivity contribution in [3.05, 3.63) is 0 Å². The van der Waals surface area contributed by atoms with Crippen molar-refractivity contribution in [2.75, 3.05) is 0 Å². The summed E-state index contributed by atoms with van der Waals surface area (Å²) in [5.74, 6) is 17.7. The molecule has 15 rings (SSSR count). The third kappa shape index (κ3) is 3.90. The van der Waals surface area contributed by atoms with Gasteiger partial charge in [0.1, 0.15) is 0 Å². The fourth-order valence-corrected chi connectivity index (χ4v) is 23.5. The zero-order valence-corrected chi connectivity index (χ0v) is 33.5. The van der Waals surface area contributed by atoms with Crippen LogP contribution in [0.25, 0.3) is 0 Å². The molecule has 24 atom stereocenters. The van der Waals surface area contributed by atoms with Crippen LogP contribution >= 0.6 is 0 Å². The molecule has 11 saturated carbocycles. The molecule has 4 saturated heterocycles. The molecule has 0 radical (unpaired) electrons. The summed E-state index contributed by atoms with van der Waals surface area (Å²) in [7, 11) is 0. The number of fused-ring (bicyclic) bond motifs is 8. The highest BCUT2D eigenvalue weighted by atomic mass is 15.5. The van der Waals surface area contributed by atoms with Gasteiger partial charge in [-0.2, -0.15) is 0 Å². The lowest BCUT2D eigenvalue weighted by atomic mass is 9.41. The maximum Gasteiger partial charge on any atom is 0.0414 e. The molecule has 15 aliphatic rings. The average molecular weight is 718 g/mol. The van der Waals surface area contributed by atoms with Gasteiger partial charge >= 0.3 is 0 Å². The van der Waals surface area contributed by atoms with E-state index in [1.807, 2.05) is 0 Å². The molecular weight excluding hydrogens is 643 g/mol. The summed E-state index contributed by atoms with van der Waals surface area (Å²) >= 11 is 0. The summed E-state index contributed by atoms with van der Waals surface area (Å²) < 4.78 is 0. The zero-order valence-electron chi connectivity index (χ0n) is 33.5. The van der Waals surface area contributed by atoms with Crippen molar-refractivity contribution in [3.8, 4) is 0 Å². The van der Waals surface area contributed by atoms with Crippen molar-refractivity contribution in [1.29, 1.82) is 0 Å². The third-order valence-corrected chi connectivity index (χ3v) is 23.8. The molecule has 0 aromatic carbocycles. The summed E-state index contributed by atoms with van der Waals surface area (Å²) in [6, 6.07) is 8.28. The first kappa shape index (κ1) is 31.8. The van der Waals surface area contributed by atoms with Crippen LogP contribution in [0.1, 0.15) is 161 Å². The predicted octanol–water partition coefficient (Wildman–Crippen LogP) is 10.0. The van der Waals surface area contributed by atoms with Gasteiger partial charge in [-0.15, -0.1) is 0 Å². The van der Waals surface area contributed by atoms with Crippen molar-refractivity contribution in [1.82, 2.24) is 14.7 Å². The molecule has 0 spiro atoms. The van der Waals surface area contributed by atoms with E-state index in [0.717, 1.165) is 149 Å². The minimum Gasteiger partial charge on any atom is -0.291 e. The zero-order chi connectivity index (χ0) is 33.8. The molecule has 0 amide bonds. The molecule has 0 bridgehead atoms. The first-order valence-corrected chi connectivity index (χ1v) is 25.6. The molecule has 15 fully saturated rings. The van der Waals surface area contributed by atoms with Crippen LogP contribution in [-0.2, 0) is 0 Å². The molecule has 0 N–H and O–H groups in total. The van der Waals surface area contributed by atoms with Crippen LogP contribution in [0.15, 0.2) is 0 Å². The SMILES string of the molecule is C1CC2CCC3CCC4C5CCCC6C5N(C5CC(C1)C2C3C45)C1CCCC2C1N6C1CCCC3C4CCC5CCC6CCCC7CC(C4C5C67)N2C31. The van der Waals surface area contributed by atoms with Gasteiger partial charge in [-0.3, -0.25) is 14.7 Å². The first-order valence-electron chi connectivity index (χ1n) is 25.6. The fourth-order valence-electron chi connectivity index (χ4n) is 23.5. The Morgan fingerprint density at radius 2 is 0.585 bits per heavy atom. The second-order valence-electron chi connectivity index (χ2n) is 24.3. The summed E-state index contributed by atoms with van der Waals surface area (Å²) in [5.41, 5.74) is 0. The van der Waals surface area contributed by atoms with E-state index < -0.39 is 0 Å². The molecule has 4 aliphatic heterocycles. The Morgan fingerprint density at radius 1 is 0.226 bits per heavy atom. The highest BCUT2D eigenvalue weighted by Gasteiger charge is 2.72. The average Bonchev–Trinajstić information content (AvgIpc) is 3.21. The van der Waals surface area contributed by atoms with E-state index >= 15 is 0 Å². The van der Waals surface area contributed by atoms with Gasteiger partial charge in [0.05, 0.1) is 0 Å². The van der Waals surface area contributed by atoms with Gasteiger partial charge in [-0.25, -0.2) is 0 Å². The monoisotopic (exact) mass is 718 g/mol. The largest absolute Gasteiger partial charge is 0.291 e. The Labute approximate surface area is 323 Å². The molecule has 0 aromatic heterocycles. The lowest BCUT2D eigenvalue weighted by Gasteiger charge is -2.78. The predicted molar refractivity (Wildman–Crippen MR) is 211 cm³/mol. The molecule has 4 heterocycles. The minimum absolute atomic E-state index is 0.877. The molecule has 0 aromatic rings. The van der Waals surface area contributed by atoms with E-state index in [1.165, 1.54) is 0 Å². The smallest absolute Gasteiger partial charge is 0.0414 e. The summed E-state index contributed by atoms with van der Waals surface area (Å²) in [6.07, 6.45) is 40.1. The molecule has 290 valence electrons. The molecular formula is C50H75N3. The van der Waals surface area contributed by atoms with E-state index in [4.69, 9.17) is 0 Å². The van der Waals surface area contributed by atoms with Gasteiger partial charge in [-0.1, -0.05) is 57.8 Å². The summed E-state index contributed by atoms with van der Waals surface area (Å²) in [6.45, 7) is 0. The Kier molecular flexibility index (Phi) is 6.80. The van der Waals surface area contributed by atoms with E-state index in [1.54, 1.807) is 161 Å². The standard InChI is InChI=1S/C50H75N3/c1-6-26-16-18-28-20-22-32-34-10-3-12-36-48(34)52(40-24-30(8-1)42(26)44(28)46(32)40)38-14-5-15-39-50(38)51(36)37-13-4-11-35-33-23-21-29-19-17-27-7-2-9-31-25-41(53(39)49(35)37)47(33)45(29)43(27)31/h26-50H,1-25H2. The van der Waals surface area contributed by atoms with Crippen LogP contribution in [0, 0.1) is 94.7 Å². The van der Waals surface area contributed by atoms with Crippen molar-refractivity contribution >= 4 is 0 Å². The first-order chi connectivity index (χ1) is 26.3. The van der Waals surface area contributed by atoms with Gasteiger partial charge in [-0.05, 0) is 197 Å². The van der Waals surface area contributed by atoms with Gasteiger partial charge in [0.25, 0.3) is 0 Å². The van der Waals surface area contributed by atoms with Gasteiger partial charge in [0.2, 0.25) is 0 Å². The molecule has 53 heavy (non-hydrogen) atoms. The number of piperazine rings is 2. The summed E-state index contributed by atoms with van der Waals surface area (Å²) in [5, 5.41) is 0. The third-order valence-electron chi connectivity index (χ3n) is 23.8. The van der Waals surface area contributed by atoms with E-state index in [0.29, 0.717) is 0 Å². The lowest BCUT2D eigenvalue weighted by Crippen LogP contribution is -2.88. The quantitative estimate of drug-likeness (QED) is 0.247. The highest BCUT2D eigenvalue weighted by molar-refractivity contribution is 5.26. The maximum atomic E-state index is 3.60. The van der Waals surface area contributed by atoms with Gasteiger partial charge in [0.15, 0.2) is 0 Å². The number of nitrogens with zero attached hydrogens (tertiary/aromatic N) is 3. The Morgan fingerprint density at radius 3 is 1.08 bits per heavy atom. The molecule has 11 aliphatic carbocycles. The van der Waals surface area contributed by atoms with E-state index in [-0.39, 0.29) is 0 Å². The second-order valence-corrected chi connectivity index (χ2v) is 24.3. The van der Waals surface area contributed by atoms with Crippen molar-refractivity contribution in [3.63, 3.8) is 0 Å². The van der Waals surface area contributed by atoms with E-state index in [2.05, 4.69) is 14.7 Å². The molecule has 3 heteroatoms. The number of rotatable bonds is 0. The van der Waals surface area contributed by atoms with Crippen molar-refractivity contribution in [2.45, 2.75) is 215 Å². The number of piperidine rings is 2. The van der Waals surface area contributed by atoms with Crippen LogP contribution in [0.3, 0.4) is 0 Å². The number of hydrogen-bond acceptors (Lipinski definition) is 3. The van der Waals surface area contributed by atoms with E-state index in [9.17, 15) is 0 Å². The Hall–Kier alpha value is -0.120. The van der Waals surface area contributed by atoms with Crippen LogP contribution in [0.4, 0.5) is 0 Å². The topological polar surface area (TPSA) is 9.72 Å². The summed E-state index contributed by atoms with van der Waals surface area (Å²) in [4.78, 5) is 10.8. The van der Waals surface area contributed by atoms with Crippen molar-refractivity contribution < 1.29 is 0 Å². The molecule has 24 unspecified atom stereocenters. The van der Waals surface area contributed by atoms with Gasteiger partial charge < -0.3 is 0 Å². The van der Waals surface area contributed by atoms with Crippen molar-refractivity contribution in [2.24, 2.45) is 94.7 Å². The minimum atomic E-state index is 0.877. The highest BCUT2D eigenvalue weighted by Crippen LogP contribution is 2.70. The Bertz CT molecular complexity index is 1390. The normalized spacial score (nSPS) is 65.3. The maximum absolute atomic E-state index is 3.60. The van der Waals surface area contributed by atoms with Crippen LogP contribution in [-0.4, -0.2) is 69.1 Å². The Balaban J connectivity index is 0.865.